The highest BCUT2D eigenvalue weighted by atomic mass is 79.9. The molecule has 1 unspecified atom stereocenters. The van der Waals surface area contributed by atoms with Crippen LogP contribution in [0.5, 0.6) is 5.75 Å². The third-order valence-corrected chi connectivity index (χ3v) is 2.70. The van der Waals surface area contributed by atoms with Gasteiger partial charge in [0.05, 0.1) is 0 Å². The van der Waals surface area contributed by atoms with Gasteiger partial charge in [0.2, 0.25) is 0 Å². The summed E-state index contributed by atoms with van der Waals surface area (Å²) in [6, 6.07) is 7.10. The Morgan fingerprint density at radius 1 is 1.43 bits per heavy atom. The van der Waals surface area contributed by atoms with Crippen molar-refractivity contribution in [3.8, 4) is 5.75 Å². The number of carbonyl (C=O) groups is 1. The minimum atomic E-state index is -0.317. The van der Waals surface area contributed by atoms with E-state index in [1.54, 1.807) is 18.2 Å². The predicted octanol–water partition coefficient (Wildman–Crippen LogP) is 2.00. The molecule has 0 aromatic heterocycles. The van der Waals surface area contributed by atoms with Gasteiger partial charge in [-0.25, -0.2) is 4.79 Å². The summed E-state index contributed by atoms with van der Waals surface area (Å²) < 4.78 is 10.6. The number of benzene rings is 1. The maximum absolute atomic E-state index is 11.6. The van der Waals surface area contributed by atoms with E-state index in [1.165, 1.54) is 0 Å². The van der Waals surface area contributed by atoms with Crippen LogP contribution >= 0.6 is 15.9 Å². The summed E-state index contributed by atoms with van der Waals surface area (Å²) in [5.41, 5.74) is 0.496. The second-order valence-corrected chi connectivity index (χ2v) is 3.64. The lowest BCUT2D eigenvalue weighted by molar-refractivity contribution is 0.0303. The number of fused-ring (bicyclic) bond motifs is 1. The molecule has 1 aliphatic rings. The molecule has 0 amide bonds. The van der Waals surface area contributed by atoms with Gasteiger partial charge >= 0.3 is 5.97 Å². The fourth-order valence-electron chi connectivity index (χ4n) is 1.27. The Labute approximate surface area is 90.1 Å². The van der Waals surface area contributed by atoms with Crippen molar-refractivity contribution >= 4 is 21.9 Å². The normalized spacial score (nSPS) is 20.4. The molecular formula is C10H9BrO3. The van der Waals surface area contributed by atoms with Gasteiger partial charge < -0.3 is 9.47 Å². The molecule has 0 saturated heterocycles. The second kappa shape index (κ2) is 4.00. The minimum Gasteiger partial charge on any atom is -0.489 e. The highest BCUT2D eigenvalue weighted by Gasteiger charge is 2.23. The predicted molar refractivity (Wildman–Crippen MR) is 54.9 cm³/mol. The first-order chi connectivity index (χ1) is 6.81. The fraction of sp³-hybridized carbons (Fsp3) is 0.300. The number of hydrogen-bond acceptors (Lipinski definition) is 3. The van der Waals surface area contributed by atoms with Gasteiger partial charge in [-0.05, 0) is 12.1 Å². The number of ether oxygens (including phenoxy) is 2. The van der Waals surface area contributed by atoms with E-state index in [0.29, 0.717) is 23.2 Å². The van der Waals surface area contributed by atoms with Crippen LogP contribution in [0.25, 0.3) is 0 Å². The molecule has 0 radical (unpaired) electrons. The molecule has 74 valence electrons. The molecule has 0 saturated carbocycles. The maximum atomic E-state index is 11.6. The number of hydrogen-bond donors (Lipinski definition) is 0. The topological polar surface area (TPSA) is 35.5 Å². The molecule has 3 nitrogen and oxygen atoms in total. The van der Waals surface area contributed by atoms with Crippen molar-refractivity contribution in [1.29, 1.82) is 0 Å². The van der Waals surface area contributed by atoms with Crippen molar-refractivity contribution in [2.24, 2.45) is 0 Å². The molecule has 1 atom stereocenters. The zero-order valence-corrected chi connectivity index (χ0v) is 8.99. The standard InChI is InChI=1S/C10H9BrO3/c11-5-7-6-13-9-4-2-1-3-8(9)10(12)14-7/h1-4,7H,5-6H2. The molecule has 14 heavy (non-hydrogen) atoms. The zero-order valence-electron chi connectivity index (χ0n) is 7.40. The van der Waals surface area contributed by atoms with Crippen LogP contribution in [0.4, 0.5) is 0 Å². The summed E-state index contributed by atoms with van der Waals surface area (Å²) in [5.74, 6) is 0.281. The lowest BCUT2D eigenvalue weighted by Gasteiger charge is -2.10. The van der Waals surface area contributed by atoms with Crippen LogP contribution in [0.2, 0.25) is 0 Å². The number of esters is 1. The quantitative estimate of drug-likeness (QED) is 0.570. The summed E-state index contributed by atoms with van der Waals surface area (Å²) in [6.45, 7) is 0.397. The average molecular weight is 257 g/mol. The highest BCUT2D eigenvalue weighted by molar-refractivity contribution is 9.09. The number of halogens is 1. The van der Waals surface area contributed by atoms with Gasteiger partial charge in [-0.2, -0.15) is 0 Å². The molecular weight excluding hydrogens is 248 g/mol. The largest absolute Gasteiger partial charge is 0.489 e. The van der Waals surface area contributed by atoms with Crippen molar-refractivity contribution in [3.63, 3.8) is 0 Å². The Hall–Kier alpha value is -1.03. The van der Waals surface area contributed by atoms with Gasteiger partial charge in [0.15, 0.2) is 0 Å². The Kier molecular flexibility index (Phi) is 2.72. The Morgan fingerprint density at radius 3 is 3.00 bits per heavy atom. The number of alkyl halides is 1. The van der Waals surface area contributed by atoms with Gasteiger partial charge in [0, 0.05) is 5.33 Å². The monoisotopic (exact) mass is 256 g/mol. The summed E-state index contributed by atoms with van der Waals surface area (Å²) in [6.07, 6.45) is -0.213. The molecule has 1 aliphatic heterocycles. The van der Waals surface area contributed by atoms with Crippen LogP contribution < -0.4 is 4.74 Å². The van der Waals surface area contributed by atoms with E-state index in [9.17, 15) is 4.79 Å². The van der Waals surface area contributed by atoms with E-state index in [2.05, 4.69) is 15.9 Å². The lowest BCUT2D eigenvalue weighted by Crippen LogP contribution is -2.23. The van der Waals surface area contributed by atoms with Crippen LogP contribution in [0.3, 0.4) is 0 Å². The van der Waals surface area contributed by atoms with Crippen LogP contribution in [0, 0.1) is 0 Å². The van der Waals surface area contributed by atoms with Crippen LogP contribution in [0.15, 0.2) is 24.3 Å². The molecule has 1 aromatic carbocycles. The van der Waals surface area contributed by atoms with Gasteiger partial charge in [-0.3, -0.25) is 0 Å². The molecule has 0 spiro atoms. The van der Waals surface area contributed by atoms with E-state index in [0.717, 1.165) is 0 Å². The van der Waals surface area contributed by atoms with Gasteiger partial charge in [-0.15, -0.1) is 0 Å². The molecule has 4 heteroatoms. The van der Waals surface area contributed by atoms with Crippen molar-refractivity contribution in [3.05, 3.63) is 29.8 Å². The molecule has 0 aliphatic carbocycles. The maximum Gasteiger partial charge on any atom is 0.342 e. The SMILES string of the molecule is O=C1OC(CBr)COc2ccccc21. The molecule has 1 heterocycles. The molecule has 0 N–H and O–H groups in total. The first-order valence-corrected chi connectivity index (χ1v) is 5.42. The summed E-state index contributed by atoms with van der Waals surface area (Å²) in [4.78, 5) is 11.6. The van der Waals surface area contributed by atoms with Gasteiger partial charge in [-0.1, -0.05) is 28.1 Å². The van der Waals surface area contributed by atoms with Crippen molar-refractivity contribution < 1.29 is 14.3 Å². The molecule has 2 rings (SSSR count). The zero-order chi connectivity index (χ0) is 9.97. The molecule has 1 aromatic rings. The third kappa shape index (κ3) is 1.75. The average Bonchev–Trinajstić information content (AvgIpc) is 2.39. The van der Waals surface area contributed by atoms with Crippen molar-refractivity contribution in [1.82, 2.24) is 0 Å². The second-order valence-electron chi connectivity index (χ2n) is 2.99. The lowest BCUT2D eigenvalue weighted by atomic mass is 10.2. The number of para-hydroxylation sites is 1. The van der Waals surface area contributed by atoms with Crippen LogP contribution in [-0.4, -0.2) is 24.0 Å². The third-order valence-electron chi connectivity index (χ3n) is 1.98. The van der Waals surface area contributed by atoms with E-state index in [4.69, 9.17) is 9.47 Å². The Bertz CT molecular complexity index is 351. The van der Waals surface area contributed by atoms with Crippen LogP contribution in [-0.2, 0) is 4.74 Å². The first kappa shape index (κ1) is 9.52. The number of carbonyl (C=O) groups excluding carboxylic acids is 1. The Morgan fingerprint density at radius 2 is 2.21 bits per heavy atom. The van der Waals surface area contributed by atoms with E-state index in [1.807, 2.05) is 6.07 Å². The van der Waals surface area contributed by atoms with Gasteiger partial charge in [0.1, 0.15) is 24.0 Å². The van der Waals surface area contributed by atoms with E-state index >= 15 is 0 Å². The van der Waals surface area contributed by atoms with E-state index in [-0.39, 0.29) is 12.1 Å². The summed E-state index contributed by atoms with van der Waals surface area (Å²) >= 11 is 3.26. The fourth-order valence-corrected chi connectivity index (χ4v) is 1.59. The smallest absolute Gasteiger partial charge is 0.342 e. The van der Waals surface area contributed by atoms with Crippen molar-refractivity contribution in [2.75, 3.05) is 11.9 Å². The van der Waals surface area contributed by atoms with Crippen LogP contribution in [0.1, 0.15) is 10.4 Å². The van der Waals surface area contributed by atoms with Gasteiger partial charge in [0.25, 0.3) is 0 Å². The number of cyclic esters (lactones) is 1. The van der Waals surface area contributed by atoms with Crippen molar-refractivity contribution in [2.45, 2.75) is 6.10 Å². The van der Waals surface area contributed by atoms with E-state index < -0.39 is 0 Å². The molecule has 0 bridgehead atoms. The summed E-state index contributed by atoms with van der Waals surface area (Å²) in [7, 11) is 0. The molecule has 0 fully saturated rings. The summed E-state index contributed by atoms with van der Waals surface area (Å²) in [5, 5.41) is 0.590. The first-order valence-electron chi connectivity index (χ1n) is 4.30. The minimum absolute atomic E-state index is 0.213. The number of rotatable bonds is 1. The Balaban J connectivity index is 2.31. The highest BCUT2D eigenvalue weighted by Crippen LogP contribution is 2.23.